The molecule has 0 saturated heterocycles. The van der Waals surface area contributed by atoms with Crippen LogP contribution in [0.25, 0.3) is 152 Å². The normalized spacial score (nSPS) is 12.2. The highest BCUT2D eigenvalue weighted by Gasteiger charge is 2.21. The molecule has 12 aromatic carbocycles. The number of para-hydroxylation sites is 6. The summed E-state index contributed by atoms with van der Waals surface area (Å²) < 4.78 is 12.3. The van der Waals surface area contributed by atoms with Gasteiger partial charge in [0, 0.05) is 86.0 Å². The largest absolute Gasteiger partial charge is 0.309 e. The first kappa shape index (κ1) is 42.4. The first-order valence-electron chi connectivity index (χ1n) is 26.4. The van der Waals surface area contributed by atoms with Gasteiger partial charge in [-0.2, -0.15) is 0 Å². The molecule has 0 fully saturated rings. The number of nitrogens with zero attached hydrogens (tertiary/aromatic N) is 4. The van der Waals surface area contributed by atoms with Crippen LogP contribution in [0.4, 0.5) is 0 Å². The van der Waals surface area contributed by atoms with Gasteiger partial charge in [-0.05, 0) is 138 Å². The van der Waals surface area contributed by atoms with Crippen LogP contribution in [0.15, 0.2) is 267 Å². The molecule has 358 valence electrons. The molecule has 0 N–H and O–H groups in total. The molecule has 4 nitrogen and oxygen atoms in total. The monoisotopic (exact) mass is 996 g/mol. The molecule has 5 aromatic heterocycles. The van der Waals surface area contributed by atoms with Crippen LogP contribution in [0.5, 0.6) is 0 Å². The summed E-state index contributed by atoms with van der Waals surface area (Å²) in [4.78, 5) is 0. The Labute approximate surface area is 446 Å². The van der Waals surface area contributed by atoms with Crippen molar-refractivity contribution in [2.24, 2.45) is 0 Å². The topological polar surface area (TPSA) is 19.7 Å². The lowest BCUT2D eigenvalue weighted by Gasteiger charge is -2.13. The van der Waals surface area contributed by atoms with Gasteiger partial charge in [0.25, 0.3) is 0 Å². The highest BCUT2D eigenvalue weighted by atomic mass is 32.1. The fourth-order valence-electron chi connectivity index (χ4n) is 13.0. The third kappa shape index (κ3) is 6.20. The van der Waals surface area contributed by atoms with Gasteiger partial charge in [-0.3, -0.25) is 0 Å². The highest BCUT2D eigenvalue weighted by Crippen LogP contribution is 2.44. The van der Waals surface area contributed by atoms with E-state index in [0.29, 0.717) is 0 Å². The molecular weight excluding hydrogens is 953 g/mol. The lowest BCUT2D eigenvalue weighted by atomic mass is 9.98. The van der Waals surface area contributed by atoms with E-state index in [2.05, 4.69) is 285 Å². The minimum atomic E-state index is 1.13. The Morgan fingerprint density at radius 2 is 0.571 bits per heavy atom. The molecule has 0 amide bonds. The number of aromatic nitrogens is 4. The van der Waals surface area contributed by atoms with E-state index in [0.717, 1.165) is 17.1 Å². The molecule has 0 atom stereocenters. The lowest BCUT2D eigenvalue weighted by Crippen LogP contribution is -1.96. The van der Waals surface area contributed by atoms with E-state index in [-0.39, 0.29) is 0 Å². The number of fused-ring (bicyclic) bond motifs is 15. The van der Waals surface area contributed by atoms with Crippen molar-refractivity contribution in [1.82, 2.24) is 18.3 Å². The second-order valence-electron chi connectivity index (χ2n) is 20.4. The number of rotatable bonds is 6. The molecule has 77 heavy (non-hydrogen) atoms. The fourth-order valence-corrected chi connectivity index (χ4v) is 14.1. The molecule has 5 heterocycles. The Bertz CT molecular complexity index is 5200. The van der Waals surface area contributed by atoms with Crippen molar-refractivity contribution in [1.29, 1.82) is 0 Å². The molecule has 0 spiro atoms. The Morgan fingerprint density at radius 3 is 1.05 bits per heavy atom. The zero-order valence-electron chi connectivity index (χ0n) is 41.6. The van der Waals surface area contributed by atoms with E-state index in [4.69, 9.17) is 0 Å². The van der Waals surface area contributed by atoms with Gasteiger partial charge in [-0.15, -0.1) is 11.3 Å². The molecule has 0 aliphatic carbocycles. The first-order chi connectivity index (χ1) is 38.2. The van der Waals surface area contributed by atoms with Gasteiger partial charge in [0.05, 0.1) is 44.1 Å². The van der Waals surface area contributed by atoms with Crippen molar-refractivity contribution in [2.45, 2.75) is 0 Å². The maximum absolute atomic E-state index is 2.46. The van der Waals surface area contributed by atoms with Crippen LogP contribution in [-0.2, 0) is 0 Å². The minimum Gasteiger partial charge on any atom is -0.309 e. The predicted octanol–water partition coefficient (Wildman–Crippen LogP) is 19.8. The molecule has 0 aliphatic heterocycles. The molecule has 0 radical (unpaired) electrons. The fraction of sp³-hybridized carbons (Fsp3) is 0. The summed E-state index contributed by atoms with van der Waals surface area (Å²) in [5.41, 5.74) is 19.0. The number of hydrogen-bond donors (Lipinski definition) is 0. The summed E-state index contributed by atoms with van der Waals surface area (Å²) in [5.74, 6) is 0. The second kappa shape index (κ2) is 16.3. The molecule has 0 saturated carbocycles. The maximum Gasteiger partial charge on any atom is 0.0547 e. The third-order valence-electron chi connectivity index (χ3n) is 16.3. The summed E-state index contributed by atoms with van der Waals surface area (Å²) in [6.07, 6.45) is 0. The number of hydrogen-bond acceptors (Lipinski definition) is 1. The van der Waals surface area contributed by atoms with Gasteiger partial charge in [-0.25, -0.2) is 0 Å². The molecule has 0 unspecified atom stereocenters. The van der Waals surface area contributed by atoms with Gasteiger partial charge in [0.2, 0.25) is 0 Å². The van der Waals surface area contributed by atoms with Crippen LogP contribution >= 0.6 is 11.3 Å². The molecule has 0 bridgehead atoms. The Balaban J connectivity index is 0.786. The van der Waals surface area contributed by atoms with Crippen LogP contribution in [0.2, 0.25) is 0 Å². The quantitative estimate of drug-likeness (QED) is 0.158. The summed E-state index contributed by atoms with van der Waals surface area (Å²) >= 11 is 1.87. The first-order valence-corrected chi connectivity index (χ1v) is 27.2. The van der Waals surface area contributed by atoms with Crippen LogP contribution in [0.1, 0.15) is 0 Å². The van der Waals surface area contributed by atoms with Gasteiger partial charge < -0.3 is 18.3 Å². The Hall–Kier alpha value is -9.94. The molecule has 17 rings (SSSR count). The van der Waals surface area contributed by atoms with Gasteiger partial charge in [0.1, 0.15) is 0 Å². The minimum absolute atomic E-state index is 1.13. The molecule has 17 aromatic rings. The van der Waals surface area contributed by atoms with Gasteiger partial charge >= 0.3 is 0 Å². The predicted molar refractivity (Wildman–Crippen MR) is 328 cm³/mol. The smallest absolute Gasteiger partial charge is 0.0547 e. The molecule has 0 aliphatic rings. The number of benzene rings is 12. The van der Waals surface area contributed by atoms with Crippen LogP contribution in [0.3, 0.4) is 0 Å². The lowest BCUT2D eigenvalue weighted by molar-refractivity contribution is 1.17. The summed E-state index contributed by atoms with van der Waals surface area (Å²) in [5, 5.41) is 12.6. The zero-order chi connectivity index (χ0) is 50.3. The average molecular weight is 997 g/mol. The van der Waals surface area contributed by atoms with Gasteiger partial charge in [0.15, 0.2) is 0 Å². The SMILES string of the molecule is c1cc(-c2cccc(-n3c4ccccc4c4c(-c5ccc6c(c5)c5ccccc5n6-c5ccc6sc7ccc(-n8c9ccccc9c9ccccc98)cc7c6c5)cccc43)c2)cc(-n2c3ccccc3c3ccccc32)c1. The van der Waals surface area contributed by atoms with Crippen LogP contribution in [-0.4, -0.2) is 18.3 Å². The van der Waals surface area contributed by atoms with E-state index < -0.39 is 0 Å². The standard InChI is InChI=1S/C72H44N4S/c1-7-27-62-53(20-1)54-21-2-8-28-63(54)73(62)48-18-13-16-45(40-48)46-17-14-19-49(41-46)76-67-32-12-6-25-58(67)72-52(26-15-33-69(72)76)47-34-37-68-59(42-47)57-24-5-11-31-66(57)75(68)51-36-39-71-61(44-51)60-43-50(35-38-70(60)77-71)74-64-29-9-3-22-55(64)56-23-4-10-30-65(56)74/h1-44H. The van der Waals surface area contributed by atoms with Crippen molar-refractivity contribution < 1.29 is 0 Å². The van der Waals surface area contributed by atoms with E-state index in [1.807, 2.05) is 11.3 Å². The summed E-state index contributed by atoms with van der Waals surface area (Å²) in [6.45, 7) is 0. The van der Waals surface area contributed by atoms with E-state index in [1.54, 1.807) is 0 Å². The van der Waals surface area contributed by atoms with Crippen LogP contribution in [0, 0.1) is 0 Å². The molecular formula is C72H44N4S. The average Bonchev–Trinajstić information content (AvgIpc) is 4.44. The Kier molecular flexibility index (Phi) is 8.97. The maximum atomic E-state index is 2.46. The van der Waals surface area contributed by atoms with E-state index >= 15 is 0 Å². The van der Waals surface area contributed by atoms with E-state index in [9.17, 15) is 0 Å². The van der Waals surface area contributed by atoms with Crippen molar-refractivity contribution in [3.8, 4) is 45.0 Å². The Morgan fingerprint density at radius 1 is 0.208 bits per heavy atom. The van der Waals surface area contributed by atoms with Crippen molar-refractivity contribution in [3.05, 3.63) is 267 Å². The summed E-state index contributed by atoms with van der Waals surface area (Å²) in [6, 6.07) is 98.8. The number of thiophene rings is 1. The summed E-state index contributed by atoms with van der Waals surface area (Å²) in [7, 11) is 0. The zero-order valence-corrected chi connectivity index (χ0v) is 42.4. The van der Waals surface area contributed by atoms with Crippen molar-refractivity contribution >= 4 is 119 Å². The highest BCUT2D eigenvalue weighted by molar-refractivity contribution is 7.25. The third-order valence-corrected chi connectivity index (χ3v) is 17.5. The van der Waals surface area contributed by atoms with Crippen LogP contribution < -0.4 is 0 Å². The van der Waals surface area contributed by atoms with Crippen molar-refractivity contribution in [3.63, 3.8) is 0 Å². The molecule has 5 heteroatoms. The van der Waals surface area contributed by atoms with Crippen molar-refractivity contribution in [2.75, 3.05) is 0 Å². The van der Waals surface area contributed by atoms with E-state index in [1.165, 1.54) is 135 Å². The second-order valence-corrected chi connectivity index (χ2v) is 21.5. The van der Waals surface area contributed by atoms with Gasteiger partial charge in [-0.1, -0.05) is 152 Å².